The maximum atomic E-state index is 6.75. The van der Waals surface area contributed by atoms with Crippen molar-refractivity contribution in [3.05, 3.63) is 158 Å². The van der Waals surface area contributed by atoms with Crippen LogP contribution in [-0.4, -0.2) is 19.5 Å². The van der Waals surface area contributed by atoms with Crippen LogP contribution in [0.4, 0.5) is 0 Å². The molecule has 0 atom stereocenters. The molecule has 0 aliphatic rings. The summed E-state index contributed by atoms with van der Waals surface area (Å²) in [6, 6.07) is 53.7. The Labute approximate surface area is 290 Å². The second-order valence-electron chi connectivity index (χ2n) is 12.8. The number of furan rings is 2. The molecular formula is C45H26N4O2. The second-order valence-corrected chi connectivity index (χ2v) is 12.8. The third-order valence-corrected chi connectivity index (χ3v) is 9.89. The van der Waals surface area contributed by atoms with Crippen molar-refractivity contribution >= 4 is 65.7 Å². The molecule has 0 amide bonds. The Morgan fingerprint density at radius 3 is 1.73 bits per heavy atom. The monoisotopic (exact) mass is 654 g/mol. The summed E-state index contributed by atoms with van der Waals surface area (Å²) in [5, 5.41) is 6.47. The fraction of sp³-hybridized carbons (Fsp3) is 0. The molecule has 0 fully saturated rings. The zero-order chi connectivity index (χ0) is 33.5. The van der Waals surface area contributed by atoms with E-state index in [1.807, 2.05) is 66.7 Å². The number of rotatable bonds is 4. The van der Waals surface area contributed by atoms with Gasteiger partial charge in [-0.15, -0.1) is 0 Å². The van der Waals surface area contributed by atoms with E-state index in [9.17, 15) is 0 Å². The first-order valence-electron chi connectivity index (χ1n) is 17.0. The number of nitrogens with zero attached hydrogens (tertiary/aromatic N) is 4. The van der Waals surface area contributed by atoms with Crippen LogP contribution in [-0.2, 0) is 0 Å². The first kappa shape index (κ1) is 27.9. The average Bonchev–Trinajstić information content (AvgIpc) is 3.88. The zero-order valence-corrected chi connectivity index (χ0v) is 27.1. The van der Waals surface area contributed by atoms with Crippen LogP contribution >= 0.6 is 0 Å². The quantitative estimate of drug-likeness (QED) is 0.189. The van der Waals surface area contributed by atoms with Gasteiger partial charge >= 0.3 is 0 Å². The topological polar surface area (TPSA) is 69.9 Å². The van der Waals surface area contributed by atoms with Crippen LogP contribution in [0.15, 0.2) is 167 Å². The van der Waals surface area contributed by atoms with Crippen molar-refractivity contribution in [1.82, 2.24) is 19.5 Å². The highest BCUT2D eigenvalue weighted by Gasteiger charge is 2.22. The van der Waals surface area contributed by atoms with E-state index < -0.39 is 0 Å². The van der Waals surface area contributed by atoms with Gasteiger partial charge in [0.1, 0.15) is 22.3 Å². The maximum Gasteiger partial charge on any atom is 0.238 e. The van der Waals surface area contributed by atoms with Crippen molar-refractivity contribution in [3.63, 3.8) is 0 Å². The van der Waals surface area contributed by atoms with Crippen LogP contribution in [0, 0.1) is 0 Å². The molecular weight excluding hydrogens is 629 g/mol. The minimum atomic E-state index is 0.534. The minimum Gasteiger partial charge on any atom is -0.455 e. The maximum absolute atomic E-state index is 6.75. The molecule has 4 aromatic heterocycles. The van der Waals surface area contributed by atoms with Crippen LogP contribution in [0.5, 0.6) is 0 Å². The number of hydrogen-bond donors (Lipinski definition) is 0. The van der Waals surface area contributed by atoms with E-state index in [1.165, 1.54) is 0 Å². The summed E-state index contributed by atoms with van der Waals surface area (Å²) in [6.45, 7) is 0. The van der Waals surface area contributed by atoms with E-state index in [2.05, 4.69) is 95.6 Å². The number of aromatic nitrogens is 4. The van der Waals surface area contributed by atoms with E-state index >= 15 is 0 Å². The van der Waals surface area contributed by atoms with Crippen molar-refractivity contribution in [2.45, 2.75) is 0 Å². The van der Waals surface area contributed by atoms with Crippen LogP contribution < -0.4 is 0 Å². The number of benzene rings is 7. The summed E-state index contributed by atoms with van der Waals surface area (Å²) in [5.74, 6) is 1.66. The Bertz CT molecular complexity index is 3100. The molecule has 51 heavy (non-hydrogen) atoms. The molecule has 0 spiro atoms. The summed E-state index contributed by atoms with van der Waals surface area (Å²) in [5.41, 5.74) is 9.04. The standard InChI is InChI=1S/C45H26N4O2/c1-2-13-27(14-3-1)43-46-44(48-45(47-43)49-36-23-7-4-15-28(36)29-16-5-8-24-37(29)49)35-22-11-21-34-40-31(18-12-26-39(40)51-42(34)35)33-20-10-19-32-30-17-6-9-25-38(30)50-41(32)33/h1-26H. The average molecular weight is 655 g/mol. The third kappa shape index (κ3) is 4.14. The summed E-state index contributed by atoms with van der Waals surface area (Å²) in [4.78, 5) is 15.4. The molecule has 0 saturated carbocycles. The summed E-state index contributed by atoms with van der Waals surface area (Å²) in [6.07, 6.45) is 0. The smallest absolute Gasteiger partial charge is 0.238 e. The van der Waals surface area contributed by atoms with Crippen molar-refractivity contribution in [1.29, 1.82) is 0 Å². The largest absolute Gasteiger partial charge is 0.455 e. The zero-order valence-electron chi connectivity index (χ0n) is 27.1. The Morgan fingerprint density at radius 2 is 0.922 bits per heavy atom. The van der Waals surface area contributed by atoms with Crippen LogP contribution in [0.25, 0.3) is 106 Å². The minimum absolute atomic E-state index is 0.534. The van der Waals surface area contributed by atoms with Gasteiger partial charge in [-0.1, -0.05) is 127 Å². The highest BCUT2D eigenvalue weighted by Crippen LogP contribution is 2.43. The van der Waals surface area contributed by atoms with Crippen LogP contribution in [0.1, 0.15) is 0 Å². The van der Waals surface area contributed by atoms with Gasteiger partial charge in [0, 0.05) is 43.4 Å². The molecule has 0 unspecified atom stereocenters. The van der Waals surface area contributed by atoms with E-state index in [4.69, 9.17) is 23.8 Å². The molecule has 0 bridgehead atoms. The van der Waals surface area contributed by atoms with Crippen LogP contribution in [0.2, 0.25) is 0 Å². The van der Waals surface area contributed by atoms with Gasteiger partial charge in [-0.05, 0) is 35.9 Å². The van der Waals surface area contributed by atoms with Gasteiger partial charge in [0.25, 0.3) is 0 Å². The van der Waals surface area contributed by atoms with E-state index in [0.717, 1.165) is 87.9 Å². The van der Waals surface area contributed by atoms with E-state index in [0.29, 0.717) is 17.6 Å². The molecule has 0 aliphatic heterocycles. The second kappa shape index (κ2) is 10.7. The van der Waals surface area contributed by atoms with Gasteiger partial charge in [-0.3, -0.25) is 4.57 Å². The van der Waals surface area contributed by atoms with Gasteiger partial charge < -0.3 is 8.83 Å². The molecule has 238 valence electrons. The predicted molar refractivity (Wildman–Crippen MR) is 205 cm³/mol. The normalized spacial score (nSPS) is 11.9. The van der Waals surface area contributed by atoms with E-state index in [1.54, 1.807) is 0 Å². The van der Waals surface area contributed by atoms with Crippen molar-refractivity contribution in [2.24, 2.45) is 0 Å². The molecule has 6 nitrogen and oxygen atoms in total. The molecule has 0 N–H and O–H groups in total. The van der Waals surface area contributed by atoms with Crippen molar-refractivity contribution in [3.8, 4) is 39.9 Å². The lowest BCUT2D eigenvalue weighted by Crippen LogP contribution is -2.06. The SMILES string of the molecule is c1ccc(-c2nc(-c3cccc4c3oc3cccc(-c5cccc6c5oc5ccccc56)c34)nc(-n3c4ccccc4c4ccccc43)n2)cc1. The fourth-order valence-electron chi connectivity index (χ4n) is 7.65. The first-order valence-corrected chi connectivity index (χ1v) is 17.0. The van der Waals surface area contributed by atoms with Gasteiger partial charge in [0.15, 0.2) is 11.6 Å². The molecule has 7 aromatic carbocycles. The van der Waals surface area contributed by atoms with E-state index in [-0.39, 0.29) is 0 Å². The number of fused-ring (bicyclic) bond motifs is 9. The van der Waals surface area contributed by atoms with Gasteiger partial charge in [-0.25, -0.2) is 4.98 Å². The number of hydrogen-bond acceptors (Lipinski definition) is 5. The summed E-state index contributed by atoms with van der Waals surface area (Å²) < 4.78 is 15.4. The predicted octanol–water partition coefficient (Wildman–Crippen LogP) is 11.8. The summed E-state index contributed by atoms with van der Waals surface area (Å²) >= 11 is 0. The van der Waals surface area contributed by atoms with Gasteiger partial charge in [0.2, 0.25) is 5.95 Å². The molecule has 11 rings (SSSR count). The number of para-hydroxylation sites is 5. The Balaban J connectivity index is 1.18. The van der Waals surface area contributed by atoms with Gasteiger partial charge in [0.05, 0.1) is 16.6 Å². The highest BCUT2D eigenvalue weighted by atomic mass is 16.3. The van der Waals surface area contributed by atoms with Gasteiger partial charge in [-0.2, -0.15) is 9.97 Å². The van der Waals surface area contributed by atoms with Crippen molar-refractivity contribution < 1.29 is 8.83 Å². The van der Waals surface area contributed by atoms with Crippen LogP contribution in [0.3, 0.4) is 0 Å². The summed E-state index contributed by atoms with van der Waals surface area (Å²) in [7, 11) is 0. The lowest BCUT2D eigenvalue weighted by Gasteiger charge is -2.11. The van der Waals surface area contributed by atoms with Crippen molar-refractivity contribution in [2.75, 3.05) is 0 Å². The lowest BCUT2D eigenvalue weighted by molar-refractivity contribution is 0.669. The molecule has 4 heterocycles. The first-order chi connectivity index (χ1) is 25.3. The highest BCUT2D eigenvalue weighted by molar-refractivity contribution is 6.18. The molecule has 0 saturated heterocycles. The Kier molecular flexibility index (Phi) is 5.86. The third-order valence-electron chi connectivity index (χ3n) is 9.89. The Morgan fingerprint density at radius 1 is 0.373 bits per heavy atom. The molecule has 11 aromatic rings. The Hall–Kier alpha value is -7.05. The lowest BCUT2D eigenvalue weighted by atomic mass is 9.97. The molecule has 0 radical (unpaired) electrons. The fourth-order valence-corrected chi connectivity index (χ4v) is 7.65. The molecule has 0 aliphatic carbocycles. The molecule has 6 heteroatoms.